The molecular formula is C20H17F3N4O5. The van der Waals surface area contributed by atoms with Crippen molar-refractivity contribution in [3.05, 3.63) is 41.7 Å². The highest BCUT2D eigenvalue weighted by atomic mass is 19.4. The highest BCUT2D eigenvalue weighted by Crippen LogP contribution is 2.40. The second-order valence-electron chi connectivity index (χ2n) is 6.84. The van der Waals surface area contributed by atoms with Gasteiger partial charge in [0.05, 0.1) is 24.3 Å². The van der Waals surface area contributed by atoms with Crippen molar-refractivity contribution in [3.63, 3.8) is 0 Å². The fourth-order valence-corrected chi connectivity index (χ4v) is 3.20. The number of rotatable bonds is 3. The van der Waals surface area contributed by atoms with Crippen LogP contribution in [0.25, 0.3) is 22.4 Å². The lowest BCUT2D eigenvalue weighted by atomic mass is 10.1. The summed E-state index contributed by atoms with van der Waals surface area (Å²) >= 11 is 0. The molecule has 1 saturated heterocycles. The first-order valence-electron chi connectivity index (χ1n) is 9.50. The highest BCUT2D eigenvalue weighted by Gasteiger charge is 2.35. The third-order valence-corrected chi connectivity index (χ3v) is 4.75. The number of morpholine rings is 1. The topological polar surface area (TPSA) is 107 Å². The Balaban J connectivity index is 1.68. The van der Waals surface area contributed by atoms with E-state index in [2.05, 4.69) is 15.3 Å². The van der Waals surface area contributed by atoms with Crippen LogP contribution in [0.4, 0.5) is 18.0 Å². The number of hydrogen-bond donors (Lipinski definition) is 1. The van der Waals surface area contributed by atoms with Gasteiger partial charge in [0.15, 0.2) is 11.4 Å². The minimum atomic E-state index is -4.75. The van der Waals surface area contributed by atoms with Crippen molar-refractivity contribution in [3.8, 4) is 17.3 Å². The van der Waals surface area contributed by atoms with Crippen LogP contribution < -0.4 is 10.1 Å². The van der Waals surface area contributed by atoms with Gasteiger partial charge in [-0.05, 0) is 12.1 Å². The largest absolute Gasteiger partial charge is 0.425 e. The number of benzene rings is 1. The molecule has 3 heterocycles. The molecule has 1 aliphatic rings. The summed E-state index contributed by atoms with van der Waals surface area (Å²) in [5.74, 6) is -0.683. The predicted molar refractivity (Wildman–Crippen MR) is 104 cm³/mol. The molecule has 168 valence electrons. The van der Waals surface area contributed by atoms with Crippen LogP contribution in [0, 0.1) is 0 Å². The molecule has 2 amide bonds. The lowest BCUT2D eigenvalue weighted by Gasteiger charge is -2.26. The van der Waals surface area contributed by atoms with E-state index in [-0.39, 0.29) is 28.2 Å². The Hall–Kier alpha value is -3.67. The van der Waals surface area contributed by atoms with Crippen LogP contribution in [0.15, 0.2) is 35.0 Å². The molecule has 1 N–H and O–H groups in total. The molecule has 32 heavy (non-hydrogen) atoms. The number of amides is 2. The molecule has 9 nitrogen and oxygen atoms in total. The van der Waals surface area contributed by atoms with Gasteiger partial charge in [0.1, 0.15) is 0 Å². The van der Waals surface area contributed by atoms with E-state index >= 15 is 0 Å². The first kappa shape index (κ1) is 21.6. The van der Waals surface area contributed by atoms with Crippen molar-refractivity contribution < 1.29 is 36.7 Å². The number of fused-ring (bicyclic) bond motifs is 1. The normalized spacial score (nSPS) is 14.4. The first-order chi connectivity index (χ1) is 15.3. The molecule has 0 aliphatic carbocycles. The summed E-state index contributed by atoms with van der Waals surface area (Å²) < 4.78 is 56.0. The van der Waals surface area contributed by atoms with E-state index in [1.165, 1.54) is 31.6 Å². The molecule has 1 aliphatic heterocycles. The van der Waals surface area contributed by atoms with E-state index < -0.39 is 29.4 Å². The maximum atomic E-state index is 13.6. The molecule has 1 aromatic carbocycles. The molecule has 0 unspecified atom stereocenters. The summed E-state index contributed by atoms with van der Waals surface area (Å²) in [4.78, 5) is 33.6. The van der Waals surface area contributed by atoms with Crippen molar-refractivity contribution >= 4 is 23.0 Å². The molecule has 1 fully saturated rings. The zero-order valence-electron chi connectivity index (χ0n) is 16.7. The smallest absolute Gasteiger partial charge is 0.420 e. The first-order valence-corrected chi connectivity index (χ1v) is 9.50. The van der Waals surface area contributed by atoms with E-state index in [4.69, 9.17) is 13.9 Å². The van der Waals surface area contributed by atoms with Gasteiger partial charge in [-0.25, -0.2) is 14.8 Å². The van der Waals surface area contributed by atoms with Crippen LogP contribution in [0.3, 0.4) is 0 Å². The Morgan fingerprint density at radius 3 is 2.44 bits per heavy atom. The monoisotopic (exact) mass is 450 g/mol. The fourth-order valence-electron chi connectivity index (χ4n) is 3.20. The SMILES string of the molecule is CNC(=O)Oc1cc2cc(-c3ncc(C(=O)N4CCOCC4)cn3)cc(C(F)(F)F)c2o1. The third kappa shape index (κ3) is 4.35. The second-order valence-corrected chi connectivity index (χ2v) is 6.84. The zero-order chi connectivity index (χ0) is 22.9. The molecule has 0 radical (unpaired) electrons. The third-order valence-electron chi connectivity index (χ3n) is 4.75. The number of furan rings is 1. The van der Waals surface area contributed by atoms with Crippen molar-refractivity contribution in [1.82, 2.24) is 20.2 Å². The molecule has 3 aromatic rings. The van der Waals surface area contributed by atoms with E-state index in [1.807, 2.05) is 0 Å². The number of hydrogen-bond acceptors (Lipinski definition) is 7. The average molecular weight is 450 g/mol. The summed E-state index contributed by atoms with van der Waals surface area (Å²) in [6.07, 6.45) is -3.09. The van der Waals surface area contributed by atoms with Crippen molar-refractivity contribution in [1.29, 1.82) is 0 Å². The van der Waals surface area contributed by atoms with E-state index in [0.717, 1.165) is 6.07 Å². The van der Waals surface area contributed by atoms with Crippen molar-refractivity contribution in [2.45, 2.75) is 6.18 Å². The van der Waals surface area contributed by atoms with Crippen LogP contribution in [0.2, 0.25) is 0 Å². The summed E-state index contributed by atoms with van der Waals surface area (Å²) in [6.45, 7) is 1.74. The minimum absolute atomic E-state index is 0.00843. The van der Waals surface area contributed by atoms with Crippen molar-refractivity contribution in [2.75, 3.05) is 33.4 Å². The number of nitrogens with zero attached hydrogens (tertiary/aromatic N) is 3. The number of nitrogens with one attached hydrogen (secondary N) is 1. The number of carbonyl (C=O) groups excluding carboxylic acids is 2. The van der Waals surface area contributed by atoms with Gasteiger partial charge in [0, 0.05) is 49.5 Å². The summed E-state index contributed by atoms with van der Waals surface area (Å²) in [7, 11) is 1.30. The second kappa shape index (κ2) is 8.46. The summed E-state index contributed by atoms with van der Waals surface area (Å²) in [6, 6.07) is 3.39. The molecule has 4 rings (SSSR count). The average Bonchev–Trinajstić information content (AvgIpc) is 3.19. The Morgan fingerprint density at radius 1 is 1.12 bits per heavy atom. The summed E-state index contributed by atoms with van der Waals surface area (Å²) in [5, 5.41) is 2.22. The highest BCUT2D eigenvalue weighted by molar-refractivity contribution is 5.94. The molecule has 0 atom stereocenters. The van der Waals surface area contributed by atoms with Crippen LogP contribution in [0.5, 0.6) is 5.95 Å². The van der Waals surface area contributed by atoms with E-state index in [9.17, 15) is 22.8 Å². The number of aromatic nitrogens is 2. The van der Waals surface area contributed by atoms with Gasteiger partial charge < -0.3 is 24.1 Å². The van der Waals surface area contributed by atoms with E-state index in [1.54, 1.807) is 4.90 Å². The number of alkyl halides is 3. The number of ether oxygens (including phenoxy) is 2. The molecular weight excluding hydrogens is 433 g/mol. The Morgan fingerprint density at radius 2 is 1.81 bits per heavy atom. The molecule has 12 heteroatoms. The standard InChI is InChI=1S/C20H17F3N4O5/c1-24-19(29)32-15-8-11-6-12(7-14(16(11)31-15)20(21,22)23)17-25-9-13(10-26-17)18(28)27-2-4-30-5-3-27/h6-10H,2-5H2,1H3,(H,24,29). The quantitative estimate of drug-likeness (QED) is 0.654. The van der Waals surface area contributed by atoms with Crippen LogP contribution in [-0.4, -0.2) is 60.2 Å². The number of halogens is 3. The van der Waals surface area contributed by atoms with Gasteiger partial charge in [-0.15, -0.1) is 0 Å². The lowest BCUT2D eigenvalue weighted by molar-refractivity contribution is -0.136. The minimum Gasteiger partial charge on any atom is -0.425 e. The molecule has 0 spiro atoms. The molecule has 2 aromatic heterocycles. The lowest BCUT2D eigenvalue weighted by Crippen LogP contribution is -2.40. The van der Waals surface area contributed by atoms with Crippen LogP contribution >= 0.6 is 0 Å². The van der Waals surface area contributed by atoms with E-state index in [0.29, 0.717) is 26.3 Å². The predicted octanol–water partition coefficient (Wildman–Crippen LogP) is 3.10. The van der Waals surface area contributed by atoms with Gasteiger partial charge in [-0.3, -0.25) is 4.79 Å². The van der Waals surface area contributed by atoms with Crippen molar-refractivity contribution in [2.24, 2.45) is 0 Å². The Bertz CT molecular complexity index is 1150. The van der Waals surface area contributed by atoms with Crippen LogP contribution in [0.1, 0.15) is 15.9 Å². The Labute approximate surface area is 179 Å². The van der Waals surface area contributed by atoms with Gasteiger partial charge in [0.25, 0.3) is 11.9 Å². The Kier molecular flexibility index (Phi) is 5.70. The van der Waals surface area contributed by atoms with Gasteiger partial charge in [0.2, 0.25) is 0 Å². The zero-order valence-corrected chi connectivity index (χ0v) is 16.7. The number of carbonyl (C=O) groups is 2. The fraction of sp³-hybridized carbons (Fsp3) is 0.300. The molecule has 0 saturated carbocycles. The van der Waals surface area contributed by atoms with Gasteiger partial charge in [-0.1, -0.05) is 0 Å². The van der Waals surface area contributed by atoms with Crippen LogP contribution in [-0.2, 0) is 10.9 Å². The van der Waals surface area contributed by atoms with Gasteiger partial charge >= 0.3 is 12.3 Å². The summed E-state index contributed by atoms with van der Waals surface area (Å²) in [5.41, 5.74) is -1.28. The van der Waals surface area contributed by atoms with Gasteiger partial charge in [-0.2, -0.15) is 13.2 Å². The maximum absolute atomic E-state index is 13.6. The molecule has 0 bridgehead atoms. The maximum Gasteiger partial charge on any atom is 0.420 e.